The van der Waals surface area contributed by atoms with Gasteiger partial charge in [0.05, 0.1) is 12.3 Å². The first-order chi connectivity index (χ1) is 8.52. The lowest BCUT2D eigenvalue weighted by molar-refractivity contribution is 0.216. The number of aliphatic hydroxyl groups excluding tert-OH is 1. The molecular formula is C12H17BrN4O. The Hall–Kier alpha value is -0.980. The molecule has 0 amide bonds. The molecule has 98 valence electrons. The Kier molecular flexibility index (Phi) is 3.99. The number of hydrogen-bond donors (Lipinski definition) is 1. The van der Waals surface area contributed by atoms with E-state index in [-0.39, 0.29) is 6.61 Å². The molecule has 0 fully saturated rings. The van der Waals surface area contributed by atoms with E-state index in [0.29, 0.717) is 18.9 Å². The summed E-state index contributed by atoms with van der Waals surface area (Å²) in [5, 5.41) is 8.91. The number of likely N-dealkylation sites (N-methyl/N-ethyl adjacent to an activating group) is 1. The zero-order valence-corrected chi connectivity index (χ0v) is 12.4. The molecule has 2 rings (SSSR count). The molecule has 0 unspecified atom stereocenters. The number of halogens is 1. The molecule has 2 aromatic heterocycles. The van der Waals surface area contributed by atoms with E-state index in [1.165, 1.54) is 0 Å². The molecule has 0 aromatic carbocycles. The second-order valence-corrected chi connectivity index (χ2v) is 5.24. The fourth-order valence-electron chi connectivity index (χ4n) is 1.98. The fourth-order valence-corrected chi connectivity index (χ4v) is 2.64. The van der Waals surface area contributed by atoms with Crippen LogP contribution in [0.25, 0.3) is 5.78 Å². The van der Waals surface area contributed by atoms with Gasteiger partial charge in [0.25, 0.3) is 0 Å². The molecule has 18 heavy (non-hydrogen) atoms. The maximum Gasteiger partial charge on any atom is 0.235 e. The normalized spacial score (nSPS) is 11.7. The molecule has 0 saturated carbocycles. The molecule has 2 heterocycles. The second kappa shape index (κ2) is 5.34. The van der Waals surface area contributed by atoms with Crippen molar-refractivity contribution in [3.63, 3.8) is 0 Å². The SMILES string of the molecule is Cc1cc(C)n2c(Br)c(CN(C)CCO)nc2n1. The van der Waals surface area contributed by atoms with Gasteiger partial charge in [-0.2, -0.15) is 0 Å². The van der Waals surface area contributed by atoms with Crippen LogP contribution in [0.4, 0.5) is 0 Å². The van der Waals surface area contributed by atoms with Crippen LogP contribution in [-0.2, 0) is 6.54 Å². The molecule has 0 bridgehead atoms. The van der Waals surface area contributed by atoms with Crippen molar-refractivity contribution in [3.8, 4) is 0 Å². The number of imidazole rings is 1. The van der Waals surface area contributed by atoms with Crippen molar-refractivity contribution < 1.29 is 5.11 Å². The average molecular weight is 313 g/mol. The van der Waals surface area contributed by atoms with E-state index in [1.807, 2.05) is 36.3 Å². The Labute approximate surface area is 115 Å². The van der Waals surface area contributed by atoms with E-state index in [0.717, 1.165) is 21.7 Å². The molecule has 0 atom stereocenters. The number of hydrogen-bond acceptors (Lipinski definition) is 4. The maximum absolute atomic E-state index is 8.91. The van der Waals surface area contributed by atoms with Gasteiger partial charge < -0.3 is 5.11 Å². The minimum absolute atomic E-state index is 0.151. The molecule has 1 N–H and O–H groups in total. The van der Waals surface area contributed by atoms with Gasteiger partial charge in [-0.05, 0) is 42.9 Å². The van der Waals surface area contributed by atoms with E-state index in [2.05, 4.69) is 25.9 Å². The molecule has 2 aromatic rings. The van der Waals surface area contributed by atoms with E-state index in [9.17, 15) is 0 Å². The molecule has 5 nitrogen and oxygen atoms in total. The third-order valence-corrected chi connectivity index (χ3v) is 3.63. The number of fused-ring (bicyclic) bond motifs is 1. The summed E-state index contributed by atoms with van der Waals surface area (Å²) >= 11 is 3.58. The van der Waals surface area contributed by atoms with Gasteiger partial charge >= 0.3 is 0 Å². The van der Waals surface area contributed by atoms with Crippen LogP contribution >= 0.6 is 15.9 Å². The van der Waals surface area contributed by atoms with Crippen molar-refractivity contribution in [2.24, 2.45) is 0 Å². The largest absolute Gasteiger partial charge is 0.395 e. The van der Waals surface area contributed by atoms with Crippen LogP contribution in [-0.4, -0.2) is 44.6 Å². The summed E-state index contributed by atoms with van der Waals surface area (Å²) in [6.45, 7) is 5.47. The average Bonchev–Trinajstić information content (AvgIpc) is 2.55. The number of aliphatic hydroxyl groups is 1. The van der Waals surface area contributed by atoms with Crippen LogP contribution in [0.3, 0.4) is 0 Å². The summed E-state index contributed by atoms with van der Waals surface area (Å²) in [7, 11) is 1.96. The number of aromatic nitrogens is 3. The Morgan fingerprint density at radius 2 is 2.11 bits per heavy atom. The first-order valence-electron chi connectivity index (χ1n) is 5.83. The Balaban J connectivity index is 2.41. The highest BCUT2D eigenvalue weighted by atomic mass is 79.9. The molecule has 0 saturated heterocycles. The third-order valence-electron chi connectivity index (χ3n) is 2.82. The Morgan fingerprint density at radius 1 is 1.39 bits per heavy atom. The Bertz CT molecular complexity index is 567. The minimum Gasteiger partial charge on any atom is -0.395 e. The number of aryl methyl sites for hydroxylation is 2. The molecule has 0 aliphatic heterocycles. The van der Waals surface area contributed by atoms with Crippen LogP contribution in [0.2, 0.25) is 0 Å². The van der Waals surface area contributed by atoms with Gasteiger partial charge in [0, 0.05) is 24.5 Å². The zero-order chi connectivity index (χ0) is 13.3. The van der Waals surface area contributed by atoms with Crippen molar-refractivity contribution in [2.75, 3.05) is 20.2 Å². The minimum atomic E-state index is 0.151. The van der Waals surface area contributed by atoms with Gasteiger partial charge in [-0.15, -0.1) is 0 Å². The van der Waals surface area contributed by atoms with E-state index >= 15 is 0 Å². The first-order valence-corrected chi connectivity index (χ1v) is 6.62. The van der Waals surface area contributed by atoms with E-state index in [4.69, 9.17) is 5.11 Å². The van der Waals surface area contributed by atoms with Crippen LogP contribution in [0, 0.1) is 13.8 Å². The summed E-state index contributed by atoms with van der Waals surface area (Å²) in [5.74, 6) is 0.715. The number of rotatable bonds is 4. The van der Waals surface area contributed by atoms with Gasteiger partial charge in [0.15, 0.2) is 0 Å². The summed E-state index contributed by atoms with van der Waals surface area (Å²) in [4.78, 5) is 11.0. The first kappa shape index (κ1) is 13.5. The number of nitrogens with zero attached hydrogens (tertiary/aromatic N) is 4. The standard InChI is InChI=1S/C12H17BrN4O/c1-8-6-9(2)17-11(13)10(15-12(17)14-8)7-16(3)4-5-18/h6,18H,4-5,7H2,1-3H3. The van der Waals surface area contributed by atoms with Crippen molar-refractivity contribution in [1.29, 1.82) is 0 Å². The lowest BCUT2D eigenvalue weighted by Crippen LogP contribution is -2.21. The predicted molar refractivity (Wildman–Crippen MR) is 73.6 cm³/mol. The van der Waals surface area contributed by atoms with E-state index in [1.54, 1.807) is 0 Å². The molecule has 0 spiro atoms. The smallest absolute Gasteiger partial charge is 0.235 e. The summed E-state index contributed by atoms with van der Waals surface area (Å²) in [5.41, 5.74) is 3.01. The summed E-state index contributed by atoms with van der Waals surface area (Å²) in [6, 6.07) is 2.03. The van der Waals surface area contributed by atoms with Crippen LogP contribution in [0.1, 0.15) is 17.1 Å². The second-order valence-electron chi connectivity index (χ2n) is 4.49. The van der Waals surface area contributed by atoms with Crippen molar-refractivity contribution in [1.82, 2.24) is 19.3 Å². The predicted octanol–water partition coefficient (Wildman–Crippen LogP) is 1.53. The summed E-state index contributed by atoms with van der Waals surface area (Å²) in [6.07, 6.45) is 0. The van der Waals surface area contributed by atoms with Gasteiger partial charge in [-0.3, -0.25) is 9.30 Å². The third kappa shape index (κ3) is 2.55. The molecule has 0 radical (unpaired) electrons. The molecule has 0 aliphatic carbocycles. The Morgan fingerprint density at radius 3 is 2.78 bits per heavy atom. The highest BCUT2D eigenvalue weighted by Gasteiger charge is 2.14. The van der Waals surface area contributed by atoms with Gasteiger partial charge in [-0.1, -0.05) is 0 Å². The summed E-state index contributed by atoms with van der Waals surface area (Å²) < 4.78 is 2.93. The van der Waals surface area contributed by atoms with Crippen LogP contribution in [0.15, 0.2) is 10.7 Å². The lowest BCUT2D eigenvalue weighted by atomic mass is 10.3. The van der Waals surface area contributed by atoms with Crippen molar-refractivity contribution >= 4 is 21.7 Å². The quantitative estimate of drug-likeness (QED) is 0.930. The molecular weight excluding hydrogens is 296 g/mol. The van der Waals surface area contributed by atoms with Crippen molar-refractivity contribution in [2.45, 2.75) is 20.4 Å². The highest BCUT2D eigenvalue weighted by Crippen LogP contribution is 2.21. The maximum atomic E-state index is 8.91. The molecule has 6 heteroatoms. The zero-order valence-electron chi connectivity index (χ0n) is 10.8. The lowest BCUT2D eigenvalue weighted by Gasteiger charge is -2.13. The van der Waals surface area contributed by atoms with Gasteiger partial charge in [-0.25, -0.2) is 9.97 Å². The van der Waals surface area contributed by atoms with E-state index < -0.39 is 0 Å². The van der Waals surface area contributed by atoms with Crippen LogP contribution < -0.4 is 0 Å². The molecule has 0 aliphatic rings. The van der Waals surface area contributed by atoms with Gasteiger partial charge in [0.2, 0.25) is 5.78 Å². The highest BCUT2D eigenvalue weighted by molar-refractivity contribution is 9.10. The topological polar surface area (TPSA) is 53.7 Å². The monoisotopic (exact) mass is 312 g/mol. The van der Waals surface area contributed by atoms with Gasteiger partial charge in [0.1, 0.15) is 4.60 Å². The van der Waals surface area contributed by atoms with Crippen LogP contribution in [0.5, 0.6) is 0 Å². The van der Waals surface area contributed by atoms with Crippen molar-refractivity contribution in [3.05, 3.63) is 27.8 Å². The fraction of sp³-hybridized carbons (Fsp3) is 0.500.